The first-order chi connectivity index (χ1) is 7.79. The molecule has 0 aromatic carbocycles. The summed E-state index contributed by atoms with van der Waals surface area (Å²) in [4.78, 5) is 15.9. The first kappa shape index (κ1) is 11.3. The highest BCUT2D eigenvalue weighted by molar-refractivity contribution is 4.86. The molecule has 1 aliphatic rings. The molecule has 1 aromatic rings. The predicted octanol–water partition coefficient (Wildman–Crippen LogP) is -0.165. The van der Waals surface area contributed by atoms with Crippen molar-refractivity contribution in [3.8, 4) is 0 Å². The monoisotopic (exact) mass is 226 g/mol. The highest BCUT2D eigenvalue weighted by Crippen LogP contribution is 2.22. The predicted molar refractivity (Wildman–Crippen MR) is 59.0 cm³/mol. The van der Waals surface area contributed by atoms with Crippen molar-refractivity contribution in [2.75, 3.05) is 13.2 Å². The second-order valence-corrected chi connectivity index (χ2v) is 4.26. The van der Waals surface area contributed by atoms with Crippen molar-refractivity contribution < 1.29 is 5.11 Å². The van der Waals surface area contributed by atoms with Crippen LogP contribution in [0.25, 0.3) is 0 Å². The Labute approximate surface area is 93.7 Å². The number of H-pyrrole nitrogens is 2. The van der Waals surface area contributed by atoms with E-state index in [0.717, 1.165) is 19.4 Å². The maximum atomic E-state index is 10.9. The van der Waals surface area contributed by atoms with E-state index in [-0.39, 0.29) is 12.3 Å². The van der Waals surface area contributed by atoms with E-state index in [4.69, 9.17) is 5.11 Å². The van der Waals surface area contributed by atoms with Crippen LogP contribution in [0, 0.1) is 0 Å². The molecular weight excluding hydrogens is 208 g/mol. The molecule has 1 saturated heterocycles. The number of aromatic amines is 2. The minimum atomic E-state index is -0.249. The molecule has 1 fully saturated rings. The summed E-state index contributed by atoms with van der Waals surface area (Å²) in [5.74, 6) is 0.695. The number of nitrogens with zero attached hydrogens (tertiary/aromatic N) is 2. The summed E-state index contributed by atoms with van der Waals surface area (Å²) in [5, 5.41) is 15.1. The van der Waals surface area contributed by atoms with Crippen LogP contribution in [0.15, 0.2) is 4.79 Å². The molecule has 1 aromatic heterocycles. The zero-order chi connectivity index (χ0) is 11.4. The van der Waals surface area contributed by atoms with E-state index in [1.807, 2.05) is 0 Å². The topological polar surface area (TPSA) is 85.0 Å². The van der Waals surface area contributed by atoms with Crippen molar-refractivity contribution in [2.45, 2.75) is 38.3 Å². The van der Waals surface area contributed by atoms with Crippen LogP contribution in [0.3, 0.4) is 0 Å². The van der Waals surface area contributed by atoms with Gasteiger partial charge in [0.05, 0.1) is 6.54 Å². The van der Waals surface area contributed by atoms with Crippen molar-refractivity contribution in [3.05, 3.63) is 16.3 Å². The fourth-order valence-corrected chi connectivity index (χ4v) is 2.33. The summed E-state index contributed by atoms with van der Waals surface area (Å²) in [5.41, 5.74) is -0.249. The van der Waals surface area contributed by atoms with Gasteiger partial charge in [-0.15, -0.1) is 0 Å². The van der Waals surface area contributed by atoms with Gasteiger partial charge in [-0.05, 0) is 32.2 Å². The Bertz CT molecular complexity index is 373. The molecule has 0 aliphatic carbocycles. The fourth-order valence-electron chi connectivity index (χ4n) is 2.33. The Morgan fingerprint density at radius 3 is 3.12 bits per heavy atom. The average Bonchev–Trinajstić information content (AvgIpc) is 2.86. The molecule has 1 aliphatic heterocycles. The third-order valence-electron chi connectivity index (χ3n) is 3.10. The Hall–Kier alpha value is -1.14. The molecule has 2 rings (SSSR count). The second kappa shape index (κ2) is 5.27. The normalized spacial score (nSPS) is 21.7. The van der Waals surface area contributed by atoms with Gasteiger partial charge in [-0.1, -0.05) is 0 Å². The number of likely N-dealkylation sites (tertiary alicyclic amines) is 1. The summed E-state index contributed by atoms with van der Waals surface area (Å²) < 4.78 is 0. The highest BCUT2D eigenvalue weighted by atomic mass is 16.2. The molecular formula is C10H18N4O2. The molecule has 16 heavy (non-hydrogen) atoms. The van der Waals surface area contributed by atoms with E-state index in [1.165, 1.54) is 12.8 Å². The van der Waals surface area contributed by atoms with Crippen molar-refractivity contribution in [3.63, 3.8) is 0 Å². The van der Waals surface area contributed by atoms with Crippen molar-refractivity contribution in [1.29, 1.82) is 0 Å². The molecule has 0 radical (unpaired) electrons. The summed E-state index contributed by atoms with van der Waals surface area (Å²) in [6, 6.07) is 0.521. The molecule has 0 spiro atoms. The molecule has 1 atom stereocenters. The van der Waals surface area contributed by atoms with Gasteiger partial charge in [0.25, 0.3) is 0 Å². The number of aliphatic hydroxyl groups excluding tert-OH is 1. The Morgan fingerprint density at radius 1 is 1.56 bits per heavy atom. The summed E-state index contributed by atoms with van der Waals surface area (Å²) in [7, 11) is 0. The number of aromatic nitrogens is 3. The maximum Gasteiger partial charge on any atom is 0.340 e. The number of hydrogen-bond donors (Lipinski definition) is 3. The zero-order valence-electron chi connectivity index (χ0n) is 9.28. The molecule has 2 heterocycles. The Kier molecular flexibility index (Phi) is 3.74. The van der Waals surface area contributed by atoms with Gasteiger partial charge >= 0.3 is 5.69 Å². The zero-order valence-corrected chi connectivity index (χ0v) is 9.28. The van der Waals surface area contributed by atoms with E-state index in [2.05, 4.69) is 20.1 Å². The third-order valence-corrected chi connectivity index (χ3v) is 3.10. The SMILES string of the molecule is O=c1[nH]nc(CN2CCCC2CCCO)[nH]1. The van der Waals surface area contributed by atoms with Gasteiger partial charge in [0, 0.05) is 12.6 Å². The highest BCUT2D eigenvalue weighted by Gasteiger charge is 2.24. The van der Waals surface area contributed by atoms with E-state index < -0.39 is 0 Å². The van der Waals surface area contributed by atoms with Crippen LogP contribution in [-0.2, 0) is 6.54 Å². The molecule has 90 valence electrons. The third kappa shape index (κ3) is 2.70. The number of hydrogen-bond acceptors (Lipinski definition) is 4. The van der Waals surface area contributed by atoms with Crippen LogP contribution in [0.2, 0.25) is 0 Å². The largest absolute Gasteiger partial charge is 0.396 e. The quantitative estimate of drug-likeness (QED) is 0.651. The van der Waals surface area contributed by atoms with Gasteiger partial charge < -0.3 is 5.11 Å². The molecule has 3 N–H and O–H groups in total. The van der Waals surface area contributed by atoms with Gasteiger partial charge in [0.1, 0.15) is 5.82 Å². The standard InChI is InChI=1S/C10H18N4O2/c15-6-2-4-8-3-1-5-14(8)7-9-11-10(16)13-12-9/h8,15H,1-7H2,(H2,11,12,13,16). The lowest BCUT2D eigenvalue weighted by atomic mass is 10.1. The maximum absolute atomic E-state index is 10.9. The van der Waals surface area contributed by atoms with Gasteiger partial charge in [-0.3, -0.25) is 9.88 Å². The Balaban J connectivity index is 1.90. The number of rotatable bonds is 5. The second-order valence-electron chi connectivity index (χ2n) is 4.26. The van der Waals surface area contributed by atoms with Crippen LogP contribution in [0.1, 0.15) is 31.5 Å². The van der Waals surface area contributed by atoms with E-state index in [1.54, 1.807) is 0 Å². The summed E-state index contributed by atoms with van der Waals surface area (Å²) >= 11 is 0. The smallest absolute Gasteiger partial charge is 0.340 e. The summed E-state index contributed by atoms with van der Waals surface area (Å²) in [6.07, 6.45) is 4.23. The minimum absolute atomic E-state index is 0.249. The van der Waals surface area contributed by atoms with E-state index in [0.29, 0.717) is 18.4 Å². The van der Waals surface area contributed by atoms with Crippen molar-refractivity contribution >= 4 is 0 Å². The molecule has 0 saturated carbocycles. The number of aliphatic hydroxyl groups is 1. The summed E-state index contributed by atoms with van der Waals surface area (Å²) in [6.45, 7) is 1.99. The lowest BCUT2D eigenvalue weighted by Gasteiger charge is -2.22. The average molecular weight is 226 g/mol. The molecule has 0 bridgehead atoms. The van der Waals surface area contributed by atoms with Crippen molar-refractivity contribution in [1.82, 2.24) is 20.1 Å². The molecule has 1 unspecified atom stereocenters. The van der Waals surface area contributed by atoms with Crippen LogP contribution >= 0.6 is 0 Å². The molecule has 6 nitrogen and oxygen atoms in total. The van der Waals surface area contributed by atoms with Crippen LogP contribution in [0.5, 0.6) is 0 Å². The first-order valence-corrected chi connectivity index (χ1v) is 5.78. The van der Waals surface area contributed by atoms with Crippen molar-refractivity contribution in [2.24, 2.45) is 0 Å². The number of nitrogens with one attached hydrogen (secondary N) is 2. The minimum Gasteiger partial charge on any atom is -0.396 e. The lowest BCUT2D eigenvalue weighted by Crippen LogP contribution is -2.29. The van der Waals surface area contributed by atoms with E-state index >= 15 is 0 Å². The molecule has 0 amide bonds. The van der Waals surface area contributed by atoms with Gasteiger partial charge in [-0.2, -0.15) is 5.10 Å². The van der Waals surface area contributed by atoms with Gasteiger partial charge in [-0.25, -0.2) is 9.89 Å². The fraction of sp³-hybridized carbons (Fsp3) is 0.800. The van der Waals surface area contributed by atoms with Crippen LogP contribution < -0.4 is 5.69 Å². The van der Waals surface area contributed by atoms with Gasteiger partial charge in [0.2, 0.25) is 0 Å². The first-order valence-electron chi connectivity index (χ1n) is 5.78. The van der Waals surface area contributed by atoms with Gasteiger partial charge in [0.15, 0.2) is 0 Å². The lowest BCUT2D eigenvalue weighted by molar-refractivity contribution is 0.206. The van der Waals surface area contributed by atoms with E-state index in [9.17, 15) is 4.79 Å². The Morgan fingerprint density at radius 2 is 2.44 bits per heavy atom. The van der Waals surface area contributed by atoms with Crippen LogP contribution in [-0.4, -0.2) is 44.4 Å². The molecule has 6 heteroatoms. The van der Waals surface area contributed by atoms with Crippen LogP contribution in [0.4, 0.5) is 0 Å².